The van der Waals surface area contributed by atoms with Gasteiger partial charge in [-0.3, -0.25) is 0 Å². The predicted octanol–water partition coefficient (Wildman–Crippen LogP) is 2.84. The highest BCUT2D eigenvalue weighted by Crippen LogP contribution is 2.25. The Hall–Kier alpha value is -2.37. The second-order valence-corrected chi connectivity index (χ2v) is 5.09. The van der Waals surface area contributed by atoms with Crippen molar-refractivity contribution in [2.45, 2.75) is 20.4 Å². The van der Waals surface area contributed by atoms with Crippen molar-refractivity contribution < 1.29 is 9.13 Å². The lowest BCUT2D eigenvalue weighted by atomic mass is 10.2. The van der Waals surface area contributed by atoms with Gasteiger partial charge in [0.25, 0.3) is 0 Å². The summed E-state index contributed by atoms with van der Waals surface area (Å²) in [7, 11) is 0. The van der Waals surface area contributed by atoms with Crippen molar-refractivity contribution in [1.82, 2.24) is 9.97 Å². The molecule has 0 saturated carbocycles. The lowest BCUT2D eigenvalue weighted by molar-refractivity contribution is 0.262. The average molecular weight is 290 g/mol. The normalized spacial score (nSPS) is 10.7. The van der Waals surface area contributed by atoms with Crippen LogP contribution in [0.25, 0.3) is 0 Å². The third-order valence-corrected chi connectivity index (χ3v) is 2.80. The molecule has 0 saturated heterocycles. The Balaban J connectivity index is 2.07. The van der Waals surface area contributed by atoms with Crippen molar-refractivity contribution in [1.29, 1.82) is 0 Å². The number of nitrogens with zero attached hydrogens (tertiary/aromatic N) is 2. The summed E-state index contributed by atoms with van der Waals surface area (Å²) in [5, 5.41) is 3.00. The first-order chi connectivity index (χ1) is 10.1. The molecule has 112 valence electrons. The zero-order chi connectivity index (χ0) is 15.2. The number of rotatable bonds is 6. The Kier molecular flexibility index (Phi) is 4.92. The number of hydrogen-bond donors (Lipinski definition) is 2. The molecule has 3 N–H and O–H groups in total. The first-order valence-electron chi connectivity index (χ1n) is 6.78. The summed E-state index contributed by atoms with van der Waals surface area (Å²) < 4.78 is 19.1. The second kappa shape index (κ2) is 6.88. The third-order valence-electron chi connectivity index (χ3n) is 2.80. The number of nitrogens with one attached hydrogen (secondary N) is 1. The van der Waals surface area contributed by atoms with Crippen LogP contribution < -0.4 is 15.8 Å². The lowest BCUT2D eigenvalue weighted by Gasteiger charge is -2.13. The zero-order valence-electron chi connectivity index (χ0n) is 12.1. The van der Waals surface area contributed by atoms with E-state index in [0.29, 0.717) is 35.5 Å². The van der Waals surface area contributed by atoms with Crippen LogP contribution in [0.15, 0.2) is 30.6 Å². The molecule has 21 heavy (non-hydrogen) atoms. The van der Waals surface area contributed by atoms with Gasteiger partial charge in [-0.15, -0.1) is 0 Å². The first kappa shape index (κ1) is 15.0. The van der Waals surface area contributed by atoms with Crippen LogP contribution in [-0.4, -0.2) is 16.6 Å². The summed E-state index contributed by atoms with van der Waals surface area (Å²) in [4.78, 5) is 8.07. The number of anilines is 2. The Morgan fingerprint density at radius 1 is 1.29 bits per heavy atom. The van der Waals surface area contributed by atoms with E-state index >= 15 is 0 Å². The van der Waals surface area contributed by atoms with Crippen LogP contribution in [0.1, 0.15) is 19.4 Å². The Morgan fingerprint density at radius 3 is 2.76 bits per heavy atom. The molecule has 0 aliphatic heterocycles. The van der Waals surface area contributed by atoms with Crippen molar-refractivity contribution >= 4 is 11.5 Å². The fourth-order valence-corrected chi connectivity index (χ4v) is 1.70. The largest absolute Gasteiger partial charge is 0.476 e. The molecule has 0 amide bonds. The van der Waals surface area contributed by atoms with Gasteiger partial charge in [0.05, 0.1) is 6.61 Å². The maximum absolute atomic E-state index is 13.6. The molecule has 1 heterocycles. The topological polar surface area (TPSA) is 73.1 Å². The molecule has 0 atom stereocenters. The molecule has 2 rings (SSSR count). The highest BCUT2D eigenvalue weighted by atomic mass is 19.1. The summed E-state index contributed by atoms with van der Waals surface area (Å²) in [5.74, 6) is 0.879. The quantitative estimate of drug-likeness (QED) is 0.856. The maximum Gasteiger partial charge on any atom is 0.242 e. The zero-order valence-corrected chi connectivity index (χ0v) is 12.1. The summed E-state index contributed by atoms with van der Waals surface area (Å²) in [6.07, 6.45) is 1.37. The standard InChI is InChI=1S/C15H19FN4O/c1-10(2)8-21-15-13(17)14(19-9-20-15)18-7-11-5-3-4-6-12(11)16/h3-6,9-10H,7-8,17H2,1-2H3,(H,18,19,20). The van der Waals surface area contributed by atoms with Crippen LogP contribution in [0.2, 0.25) is 0 Å². The average Bonchev–Trinajstić information content (AvgIpc) is 2.46. The van der Waals surface area contributed by atoms with Crippen molar-refractivity contribution in [2.75, 3.05) is 17.7 Å². The van der Waals surface area contributed by atoms with Crippen molar-refractivity contribution in [2.24, 2.45) is 5.92 Å². The molecule has 1 aromatic heterocycles. The van der Waals surface area contributed by atoms with Crippen LogP contribution in [0.5, 0.6) is 5.88 Å². The first-order valence-corrected chi connectivity index (χ1v) is 6.78. The van der Waals surface area contributed by atoms with E-state index in [2.05, 4.69) is 15.3 Å². The fourth-order valence-electron chi connectivity index (χ4n) is 1.70. The number of benzene rings is 1. The number of nitrogens with two attached hydrogens (primary N) is 1. The van der Waals surface area contributed by atoms with E-state index in [4.69, 9.17) is 10.5 Å². The van der Waals surface area contributed by atoms with Crippen LogP contribution in [-0.2, 0) is 6.54 Å². The molecule has 0 aliphatic carbocycles. The summed E-state index contributed by atoms with van der Waals surface area (Å²) in [6, 6.07) is 6.55. The third kappa shape index (κ3) is 4.05. The molecule has 6 heteroatoms. The van der Waals surface area contributed by atoms with Crippen LogP contribution in [0.3, 0.4) is 0 Å². The molecule has 2 aromatic rings. The SMILES string of the molecule is CC(C)COc1ncnc(NCc2ccccc2F)c1N. The molecule has 0 fully saturated rings. The van der Waals surface area contributed by atoms with Gasteiger partial charge in [-0.1, -0.05) is 32.0 Å². The van der Waals surface area contributed by atoms with Gasteiger partial charge in [0, 0.05) is 12.1 Å². The minimum atomic E-state index is -0.270. The van der Waals surface area contributed by atoms with E-state index < -0.39 is 0 Å². The van der Waals surface area contributed by atoms with Gasteiger partial charge in [-0.2, -0.15) is 4.98 Å². The highest BCUT2D eigenvalue weighted by Gasteiger charge is 2.10. The van der Waals surface area contributed by atoms with Crippen molar-refractivity contribution in [3.8, 4) is 5.88 Å². The number of nitrogen functional groups attached to an aromatic ring is 1. The molecule has 0 radical (unpaired) electrons. The Morgan fingerprint density at radius 2 is 2.05 bits per heavy atom. The highest BCUT2D eigenvalue weighted by molar-refractivity contribution is 5.66. The van der Waals surface area contributed by atoms with Gasteiger partial charge in [0.1, 0.15) is 17.8 Å². The molecular weight excluding hydrogens is 271 g/mol. The minimum Gasteiger partial charge on any atom is -0.476 e. The van der Waals surface area contributed by atoms with E-state index in [0.717, 1.165) is 0 Å². The monoisotopic (exact) mass is 290 g/mol. The maximum atomic E-state index is 13.6. The number of halogens is 1. The fraction of sp³-hybridized carbons (Fsp3) is 0.333. The molecular formula is C15H19FN4O. The van der Waals surface area contributed by atoms with Gasteiger partial charge in [0.2, 0.25) is 5.88 Å². The van der Waals surface area contributed by atoms with Crippen LogP contribution in [0, 0.1) is 11.7 Å². The van der Waals surface area contributed by atoms with E-state index in [1.165, 1.54) is 12.4 Å². The van der Waals surface area contributed by atoms with Crippen LogP contribution >= 0.6 is 0 Å². The van der Waals surface area contributed by atoms with E-state index in [1.807, 2.05) is 13.8 Å². The molecule has 0 bridgehead atoms. The van der Waals surface area contributed by atoms with Gasteiger partial charge in [-0.25, -0.2) is 9.37 Å². The van der Waals surface area contributed by atoms with E-state index in [-0.39, 0.29) is 12.4 Å². The number of aromatic nitrogens is 2. The predicted molar refractivity (Wildman–Crippen MR) is 80.5 cm³/mol. The minimum absolute atomic E-state index is 0.270. The molecule has 0 aliphatic rings. The van der Waals surface area contributed by atoms with Gasteiger partial charge >= 0.3 is 0 Å². The van der Waals surface area contributed by atoms with Gasteiger partial charge < -0.3 is 15.8 Å². The second-order valence-electron chi connectivity index (χ2n) is 5.09. The molecule has 0 unspecified atom stereocenters. The summed E-state index contributed by atoms with van der Waals surface area (Å²) >= 11 is 0. The van der Waals surface area contributed by atoms with Gasteiger partial charge in [0.15, 0.2) is 5.82 Å². The molecule has 5 nitrogen and oxygen atoms in total. The Bertz CT molecular complexity index is 604. The van der Waals surface area contributed by atoms with E-state index in [1.54, 1.807) is 18.2 Å². The van der Waals surface area contributed by atoms with Crippen molar-refractivity contribution in [3.63, 3.8) is 0 Å². The molecule has 0 spiro atoms. The van der Waals surface area contributed by atoms with E-state index in [9.17, 15) is 4.39 Å². The summed E-state index contributed by atoms with van der Waals surface area (Å²) in [6.45, 7) is 4.88. The Labute approximate surface area is 123 Å². The van der Waals surface area contributed by atoms with Crippen LogP contribution in [0.4, 0.5) is 15.9 Å². The smallest absolute Gasteiger partial charge is 0.242 e. The van der Waals surface area contributed by atoms with Crippen molar-refractivity contribution in [3.05, 3.63) is 42.0 Å². The molecule has 1 aromatic carbocycles. The number of hydrogen-bond acceptors (Lipinski definition) is 5. The van der Waals surface area contributed by atoms with Gasteiger partial charge in [-0.05, 0) is 12.0 Å². The summed E-state index contributed by atoms with van der Waals surface area (Å²) in [5.41, 5.74) is 6.84. The lowest BCUT2D eigenvalue weighted by Crippen LogP contribution is -2.11. The number of ether oxygens (including phenoxy) is 1.